The van der Waals surface area contributed by atoms with Crippen LogP contribution in [0.15, 0.2) is 41.6 Å². The fourth-order valence-electron chi connectivity index (χ4n) is 5.33. The van der Waals surface area contributed by atoms with E-state index in [2.05, 4.69) is 14.7 Å². The summed E-state index contributed by atoms with van der Waals surface area (Å²) >= 11 is 7.36. The van der Waals surface area contributed by atoms with Crippen LogP contribution in [-0.2, 0) is 26.0 Å². The summed E-state index contributed by atoms with van der Waals surface area (Å²) in [7, 11) is -1.59. The second-order valence-corrected chi connectivity index (χ2v) is 17.3. The Kier molecular flexibility index (Phi) is 13.7. The van der Waals surface area contributed by atoms with Crippen molar-refractivity contribution in [1.29, 1.82) is 0 Å². The van der Waals surface area contributed by atoms with Crippen molar-refractivity contribution in [2.45, 2.75) is 89.5 Å². The maximum atomic E-state index is 15.7. The zero-order valence-corrected chi connectivity index (χ0v) is 33.7. The third kappa shape index (κ3) is 11.2. The highest BCUT2D eigenvalue weighted by Crippen LogP contribution is 2.35. The molecule has 1 fully saturated rings. The first kappa shape index (κ1) is 41.7. The van der Waals surface area contributed by atoms with E-state index in [0.29, 0.717) is 49.5 Å². The molecular weight excluding hydrogens is 751 g/mol. The number of unbranched alkanes of at least 4 members (excludes halogenated alkanes) is 1. The normalized spacial score (nSPS) is 14.6. The van der Waals surface area contributed by atoms with Crippen LogP contribution in [0.25, 0.3) is 0 Å². The number of amides is 2. The number of halogens is 2. The first-order valence-corrected chi connectivity index (χ1v) is 19.6. The van der Waals surface area contributed by atoms with Crippen LogP contribution in [0, 0.1) is 5.82 Å². The molecule has 2 heterocycles. The van der Waals surface area contributed by atoms with Gasteiger partial charge < -0.3 is 34.1 Å². The molecule has 1 aliphatic heterocycles. The number of anilines is 2. The molecule has 0 bridgehead atoms. The lowest BCUT2D eigenvalue weighted by molar-refractivity contribution is -0.0184. The van der Waals surface area contributed by atoms with Crippen molar-refractivity contribution in [3.05, 3.63) is 53.1 Å². The van der Waals surface area contributed by atoms with Crippen LogP contribution in [0.5, 0.6) is 11.5 Å². The summed E-state index contributed by atoms with van der Waals surface area (Å²) in [6, 6.07) is 6.82. The molecule has 0 spiro atoms. The Labute approximate surface area is 319 Å². The molecule has 0 aliphatic carbocycles. The monoisotopic (exact) mass is 798 g/mol. The average molecular weight is 799 g/mol. The van der Waals surface area contributed by atoms with Crippen molar-refractivity contribution in [3.8, 4) is 11.5 Å². The number of rotatable bonds is 15. The minimum absolute atomic E-state index is 0.00758. The summed E-state index contributed by atoms with van der Waals surface area (Å²) in [5.74, 6) is -0.135. The van der Waals surface area contributed by atoms with E-state index in [1.54, 1.807) is 69.5 Å². The Morgan fingerprint density at radius 3 is 2.36 bits per heavy atom. The van der Waals surface area contributed by atoms with Crippen molar-refractivity contribution in [3.63, 3.8) is 0 Å². The number of sulfonamides is 1. The number of nitrogens with zero attached hydrogens (tertiary/aromatic N) is 5. The van der Waals surface area contributed by atoms with E-state index in [0.717, 1.165) is 34.4 Å². The molecule has 3 aromatic rings. The quantitative estimate of drug-likeness (QED) is 0.156. The molecule has 0 saturated carbocycles. The Hall–Kier alpha value is -4.09. The topological polar surface area (TPSA) is 153 Å². The largest absolute Gasteiger partial charge is 0.497 e. The second kappa shape index (κ2) is 17.4. The smallest absolute Gasteiger partial charge is 0.410 e. The number of nitrogens with one attached hydrogen (secondary N) is 1. The van der Waals surface area contributed by atoms with Gasteiger partial charge in [-0.25, -0.2) is 31.7 Å². The molecule has 1 saturated heterocycles. The number of hydrogen-bond acceptors (Lipinski definition) is 12. The van der Waals surface area contributed by atoms with Gasteiger partial charge in [0.15, 0.2) is 0 Å². The molecule has 1 aliphatic rings. The van der Waals surface area contributed by atoms with Gasteiger partial charge in [-0.15, -0.1) is 0 Å². The van der Waals surface area contributed by atoms with Crippen LogP contribution in [0.3, 0.4) is 0 Å². The minimum Gasteiger partial charge on any atom is -0.497 e. The summed E-state index contributed by atoms with van der Waals surface area (Å²) in [5, 5.41) is 3.09. The molecule has 2 amide bonds. The van der Waals surface area contributed by atoms with Crippen molar-refractivity contribution < 1.29 is 41.3 Å². The van der Waals surface area contributed by atoms with Crippen LogP contribution in [-0.4, -0.2) is 97.4 Å². The zero-order valence-electron chi connectivity index (χ0n) is 31.3. The van der Waals surface area contributed by atoms with Gasteiger partial charge in [-0.2, -0.15) is 4.37 Å². The highest BCUT2D eigenvalue weighted by Gasteiger charge is 2.38. The molecule has 1 aromatic heterocycles. The molecule has 1 N–H and O–H groups in total. The summed E-state index contributed by atoms with van der Waals surface area (Å²) in [4.78, 5) is 32.4. The van der Waals surface area contributed by atoms with Crippen LogP contribution in [0.2, 0.25) is 5.02 Å². The summed E-state index contributed by atoms with van der Waals surface area (Å²) in [5.41, 5.74) is -0.663. The van der Waals surface area contributed by atoms with E-state index in [1.165, 1.54) is 20.5 Å². The molecule has 2 aromatic carbocycles. The van der Waals surface area contributed by atoms with Gasteiger partial charge in [-0.3, -0.25) is 0 Å². The number of likely N-dealkylation sites (tertiary alicyclic amines) is 1. The highest BCUT2D eigenvalue weighted by molar-refractivity contribution is 7.93. The molecule has 1 atom stereocenters. The molecule has 1 unspecified atom stereocenters. The number of methoxy groups -OCH3 is 2. The molecular formula is C35H48ClFN6O8S2. The van der Waals surface area contributed by atoms with Gasteiger partial charge in [0.25, 0.3) is 10.0 Å². The molecule has 292 valence electrons. The van der Waals surface area contributed by atoms with Gasteiger partial charge in [0.1, 0.15) is 39.7 Å². The zero-order chi connectivity index (χ0) is 39.1. The number of hydrogen-bond donors (Lipinski definition) is 1. The number of benzene rings is 2. The minimum atomic E-state index is -4.53. The average Bonchev–Trinajstić information content (AvgIpc) is 3.58. The lowest BCUT2D eigenvalue weighted by atomic mass is 10.0. The van der Waals surface area contributed by atoms with Gasteiger partial charge in [0, 0.05) is 49.3 Å². The number of ether oxygens (including phenoxy) is 4. The van der Waals surface area contributed by atoms with Crippen molar-refractivity contribution in [2.24, 2.45) is 0 Å². The molecule has 4 rings (SSSR count). The van der Waals surface area contributed by atoms with E-state index in [-0.39, 0.29) is 35.0 Å². The summed E-state index contributed by atoms with van der Waals surface area (Å²) in [6.45, 7) is 12.0. The predicted octanol–water partition coefficient (Wildman–Crippen LogP) is 7.18. The lowest BCUT2D eigenvalue weighted by Crippen LogP contribution is -2.58. The maximum Gasteiger partial charge on any atom is 0.410 e. The van der Waals surface area contributed by atoms with E-state index in [4.69, 9.17) is 30.5 Å². The van der Waals surface area contributed by atoms with E-state index < -0.39 is 44.1 Å². The molecule has 53 heavy (non-hydrogen) atoms. The van der Waals surface area contributed by atoms with Crippen LogP contribution < -0.4 is 19.1 Å². The predicted molar refractivity (Wildman–Crippen MR) is 201 cm³/mol. The third-order valence-electron chi connectivity index (χ3n) is 7.99. The van der Waals surface area contributed by atoms with Crippen molar-refractivity contribution >= 4 is 56.2 Å². The van der Waals surface area contributed by atoms with Gasteiger partial charge in [0.2, 0.25) is 5.13 Å². The van der Waals surface area contributed by atoms with Gasteiger partial charge in [-0.1, -0.05) is 11.6 Å². The first-order valence-electron chi connectivity index (χ1n) is 17.0. The van der Waals surface area contributed by atoms with Crippen LogP contribution in [0.4, 0.5) is 24.8 Å². The van der Waals surface area contributed by atoms with Crippen molar-refractivity contribution in [1.82, 2.24) is 19.2 Å². The Morgan fingerprint density at radius 2 is 1.77 bits per heavy atom. The van der Waals surface area contributed by atoms with Gasteiger partial charge in [0.05, 0.1) is 37.5 Å². The Balaban J connectivity index is 1.42. The van der Waals surface area contributed by atoms with E-state index in [9.17, 15) is 18.0 Å². The maximum absolute atomic E-state index is 15.7. The number of carbonyl (C=O) groups is 2. The standard InChI is InChI=1S/C35H48ClFN6O8S2/c1-34(2,3)50-32(44)41(21-24-13-16-42(24)33(45)51-35(4,5)6)15-10-9-14-38-28-19-27(37)30(18-26(28)36)53(46,47)43(31-39-22-40-52-31)20-23-11-12-25(48-7)17-29(23)49-8/h11-12,17-19,22,24,38H,9-10,13-16,20-21H2,1-8H3. The highest BCUT2D eigenvalue weighted by atomic mass is 35.5. The van der Waals surface area contributed by atoms with Gasteiger partial charge in [-0.05, 0) is 85.1 Å². The summed E-state index contributed by atoms with van der Waals surface area (Å²) in [6.07, 6.45) is 2.12. The lowest BCUT2D eigenvalue weighted by Gasteiger charge is -2.43. The fraction of sp³-hybridized carbons (Fsp3) is 0.543. The Morgan fingerprint density at radius 1 is 1.06 bits per heavy atom. The molecule has 0 radical (unpaired) electrons. The second-order valence-electron chi connectivity index (χ2n) is 14.4. The van der Waals surface area contributed by atoms with E-state index in [1.807, 2.05) is 0 Å². The van der Waals surface area contributed by atoms with Crippen LogP contribution >= 0.6 is 23.1 Å². The number of carbonyl (C=O) groups excluding carboxylic acids is 2. The fourth-order valence-corrected chi connectivity index (χ4v) is 7.83. The molecule has 18 heteroatoms. The van der Waals surface area contributed by atoms with E-state index >= 15 is 4.39 Å². The molecule has 14 nitrogen and oxygen atoms in total. The van der Waals surface area contributed by atoms with Crippen molar-refractivity contribution in [2.75, 3.05) is 50.0 Å². The van der Waals surface area contributed by atoms with Gasteiger partial charge >= 0.3 is 12.2 Å². The third-order valence-corrected chi connectivity index (χ3v) is 10.9. The first-order chi connectivity index (χ1) is 24.8. The number of aromatic nitrogens is 2. The Bertz CT molecular complexity index is 1840. The van der Waals surface area contributed by atoms with Crippen LogP contribution in [0.1, 0.15) is 66.4 Å². The summed E-state index contributed by atoms with van der Waals surface area (Å²) < 4.78 is 70.4. The SMILES string of the molecule is COc1ccc(CN(c2ncns2)S(=O)(=O)c2cc(Cl)c(NCCCCN(CC3CCN3C(=O)OC(C)(C)C)C(=O)OC(C)(C)C)cc2F)c(OC)c1.